The molecular formula is C18H27N3O2S. The zero-order valence-corrected chi connectivity index (χ0v) is 15.7. The van der Waals surface area contributed by atoms with Crippen molar-refractivity contribution in [3.8, 4) is 0 Å². The van der Waals surface area contributed by atoms with E-state index in [9.17, 15) is 9.59 Å². The molecule has 5 nitrogen and oxygen atoms in total. The molecule has 0 radical (unpaired) electrons. The summed E-state index contributed by atoms with van der Waals surface area (Å²) in [6.45, 7) is 7.23. The van der Waals surface area contributed by atoms with Crippen molar-refractivity contribution in [2.24, 2.45) is 0 Å². The number of hydrogen-bond donors (Lipinski definition) is 1. The zero-order valence-electron chi connectivity index (χ0n) is 14.9. The first-order valence-electron chi connectivity index (χ1n) is 8.40. The van der Waals surface area contributed by atoms with Crippen LogP contribution in [0.2, 0.25) is 0 Å². The first kappa shape index (κ1) is 18.8. The minimum absolute atomic E-state index is 0.0389. The molecule has 1 N–H and O–H groups in total. The zero-order chi connectivity index (χ0) is 17.7. The predicted molar refractivity (Wildman–Crippen MR) is 99.5 cm³/mol. The van der Waals surface area contributed by atoms with Gasteiger partial charge in [-0.1, -0.05) is 19.1 Å². The molecule has 0 saturated heterocycles. The van der Waals surface area contributed by atoms with Gasteiger partial charge in [0.05, 0.1) is 18.8 Å². The Morgan fingerprint density at radius 3 is 2.75 bits per heavy atom. The Bertz CT molecular complexity index is 591. The summed E-state index contributed by atoms with van der Waals surface area (Å²) in [5.41, 5.74) is 0.983. The Labute approximate surface area is 148 Å². The summed E-state index contributed by atoms with van der Waals surface area (Å²) in [5.74, 6) is -0.0160. The van der Waals surface area contributed by atoms with Crippen LogP contribution in [0.15, 0.2) is 29.2 Å². The number of nitrogens with zero attached hydrogens (tertiary/aromatic N) is 2. The molecule has 6 heteroatoms. The molecule has 24 heavy (non-hydrogen) atoms. The molecular weight excluding hydrogens is 322 g/mol. The lowest BCUT2D eigenvalue weighted by atomic mass is 10.2. The van der Waals surface area contributed by atoms with Gasteiger partial charge in [-0.05, 0) is 39.4 Å². The van der Waals surface area contributed by atoms with Crippen molar-refractivity contribution in [2.75, 3.05) is 31.6 Å². The summed E-state index contributed by atoms with van der Waals surface area (Å²) in [4.78, 5) is 29.4. The van der Waals surface area contributed by atoms with Crippen LogP contribution in [0.5, 0.6) is 0 Å². The number of benzene rings is 1. The Morgan fingerprint density at radius 2 is 2.04 bits per heavy atom. The van der Waals surface area contributed by atoms with Crippen molar-refractivity contribution in [3.05, 3.63) is 24.3 Å². The fraction of sp³-hybridized carbons (Fsp3) is 0.556. The number of carbonyl (C=O) groups is 2. The van der Waals surface area contributed by atoms with Gasteiger partial charge in [-0.2, -0.15) is 0 Å². The predicted octanol–water partition coefficient (Wildman–Crippen LogP) is 2.36. The van der Waals surface area contributed by atoms with Crippen molar-refractivity contribution < 1.29 is 9.59 Å². The topological polar surface area (TPSA) is 52.7 Å². The van der Waals surface area contributed by atoms with Gasteiger partial charge in [-0.3, -0.25) is 14.5 Å². The average Bonchev–Trinajstić information content (AvgIpc) is 2.64. The third-order valence-electron chi connectivity index (χ3n) is 3.81. The largest absolute Gasteiger partial charge is 0.353 e. The third-order valence-corrected chi connectivity index (χ3v) is 5.05. The number of rotatable bonds is 5. The molecule has 1 heterocycles. The van der Waals surface area contributed by atoms with Gasteiger partial charge >= 0.3 is 0 Å². The maximum atomic E-state index is 12.8. The van der Waals surface area contributed by atoms with E-state index in [-0.39, 0.29) is 30.9 Å². The molecule has 2 amide bonds. The molecule has 0 saturated carbocycles. The average molecular weight is 350 g/mol. The second kappa shape index (κ2) is 8.53. The summed E-state index contributed by atoms with van der Waals surface area (Å²) >= 11 is 1.82. The molecule has 0 fully saturated rings. The Hall–Kier alpha value is -1.53. The van der Waals surface area contributed by atoms with E-state index in [1.54, 1.807) is 11.9 Å². The first-order chi connectivity index (χ1) is 11.4. The van der Waals surface area contributed by atoms with Gasteiger partial charge in [0.25, 0.3) is 0 Å². The molecule has 1 aliphatic heterocycles. The molecule has 0 aliphatic carbocycles. The van der Waals surface area contributed by atoms with Gasteiger partial charge in [0.15, 0.2) is 0 Å². The van der Waals surface area contributed by atoms with E-state index in [1.807, 2.05) is 48.7 Å². The van der Waals surface area contributed by atoms with Crippen LogP contribution >= 0.6 is 11.8 Å². The quantitative estimate of drug-likeness (QED) is 0.887. The van der Waals surface area contributed by atoms with Gasteiger partial charge in [0.2, 0.25) is 11.8 Å². The smallest absolute Gasteiger partial charge is 0.241 e. The van der Waals surface area contributed by atoms with E-state index in [0.29, 0.717) is 5.25 Å². The number of fused-ring (bicyclic) bond motifs is 1. The molecule has 0 unspecified atom stereocenters. The van der Waals surface area contributed by atoms with E-state index in [4.69, 9.17) is 0 Å². The maximum Gasteiger partial charge on any atom is 0.241 e. The van der Waals surface area contributed by atoms with Crippen molar-refractivity contribution in [1.82, 2.24) is 10.2 Å². The van der Waals surface area contributed by atoms with E-state index >= 15 is 0 Å². The number of hydrogen-bond acceptors (Lipinski definition) is 4. The minimum Gasteiger partial charge on any atom is -0.353 e. The lowest BCUT2D eigenvalue weighted by Crippen LogP contribution is -2.44. The lowest BCUT2D eigenvalue weighted by molar-refractivity contribution is -0.123. The SMILES string of the molecule is CC(C)NC(=O)CN(C)CC(=O)N1CC[C@H](C)Sc2ccccc21. The van der Waals surface area contributed by atoms with Crippen LogP contribution < -0.4 is 10.2 Å². The fourth-order valence-electron chi connectivity index (χ4n) is 2.73. The lowest BCUT2D eigenvalue weighted by Gasteiger charge is -2.25. The third kappa shape index (κ3) is 5.24. The van der Waals surface area contributed by atoms with Crippen molar-refractivity contribution in [2.45, 2.75) is 43.4 Å². The van der Waals surface area contributed by atoms with Gasteiger partial charge in [0, 0.05) is 22.7 Å². The van der Waals surface area contributed by atoms with E-state index in [0.717, 1.165) is 23.5 Å². The molecule has 1 aliphatic rings. The van der Waals surface area contributed by atoms with Crippen molar-refractivity contribution in [1.29, 1.82) is 0 Å². The molecule has 0 bridgehead atoms. The van der Waals surface area contributed by atoms with Crippen molar-refractivity contribution >= 4 is 29.3 Å². The number of amides is 2. The standard InChI is InChI=1S/C18H27N3O2S/c1-13(2)19-17(22)11-20(4)12-18(23)21-10-9-14(3)24-16-8-6-5-7-15(16)21/h5-8,13-14H,9-12H2,1-4H3,(H,19,22)/t14-/m0/s1. The highest BCUT2D eigenvalue weighted by Crippen LogP contribution is 2.37. The van der Waals surface area contributed by atoms with Crippen LogP contribution in [0.4, 0.5) is 5.69 Å². The number of likely N-dealkylation sites (N-methyl/N-ethyl adjacent to an activating group) is 1. The van der Waals surface area contributed by atoms with Crippen LogP contribution in [0.3, 0.4) is 0 Å². The van der Waals surface area contributed by atoms with Crippen LogP contribution in [0.25, 0.3) is 0 Å². The Morgan fingerprint density at radius 1 is 1.33 bits per heavy atom. The highest BCUT2D eigenvalue weighted by molar-refractivity contribution is 8.00. The minimum atomic E-state index is -0.0549. The molecule has 0 aromatic heterocycles. The highest BCUT2D eigenvalue weighted by atomic mass is 32.2. The molecule has 1 aromatic rings. The van der Waals surface area contributed by atoms with Crippen LogP contribution in [0, 0.1) is 0 Å². The molecule has 2 rings (SSSR count). The number of nitrogens with one attached hydrogen (secondary N) is 1. The summed E-state index contributed by atoms with van der Waals surface area (Å²) in [6, 6.07) is 8.16. The molecule has 132 valence electrons. The van der Waals surface area contributed by atoms with Crippen LogP contribution in [-0.4, -0.2) is 54.7 Å². The van der Waals surface area contributed by atoms with Crippen LogP contribution in [-0.2, 0) is 9.59 Å². The number of para-hydroxylation sites is 1. The summed E-state index contributed by atoms with van der Waals surface area (Å²) in [6.07, 6.45) is 0.961. The molecule has 1 atom stereocenters. The number of thioether (sulfide) groups is 1. The van der Waals surface area contributed by atoms with Gasteiger partial charge < -0.3 is 10.2 Å². The van der Waals surface area contributed by atoms with E-state index in [2.05, 4.69) is 18.3 Å². The molecule has 1 aromatic carbocycles. The highest BCUT2D eigenvalue weighted by Gasteiger charge is 2.25. The second-order valence-corrected chi connectivity index (χ2v) is 8.11. The normalized spacial score (nSPS) is 17.6. The fourth-order valence-corrected chi connectivity index (χ4v) is 3.84. The van der Waals surface area contributed by atoms with Crippen molar-refractivity contribution in [3.63, 3.8) is 0 Å². The summed E-state index contributed by atoms with van der Waals surface area (Å²) in [7, 11) is 1.80. The van der Waals surface area contributed by atoms with Gasteiger partial charge in [0.1, 0.15) is 0 Å². The maximum absolute atomic E-state index is 12.8. The number of anilines is 1. The summed E-state index contributed by atoms with van der Waals surface area (Å²) < 4.78 is 0. The van der Waals surface area contributed by atoms with E-state index in [1.165, 1.54) is 0 Å². The Balaban J connectivity index is 2.02. The number of carbonyl (C=O) groups excluding carboxylic acids is 2. The monoisotopic (exact) mass is 349 g/mol. The van der Waals surface area contributed by atoms with Crippen LogP contribution in [0.1, 0.15) is 27.2 Å². The summed E-state index contributed by atoms with van der Waals surface area (Å²) in [5, 5.41) is 3.33. The van der Waals surface area contributed by atoms with E-state index < -0.39 is 0 Å². The second-order valence-electron chi connectivity index (χ2n) is 6.62. The molecule has 0 spiro atoms. The first-order valence-corrected chi connectivity index (χ1v) is 9.28. The van der Waals surface area contributed by atoms with Gasteiger partial charge in [-0.25, -0.2) is 0 Å². The van der Waals surface area contributed by atoms with Gasteiger partial charge in [-0.15, -0.1) is 11.8 Å². The Kier molecular flexibility index (Phi) is 6.69.